The fourth-order valence-corrected chi connectivity index (χ4v) is 3.02. The van der Waals surface area contributed by atoms with E-state index in [1.165, 1.54) is 6.20 Å². The summed E-state index contributed by atoms with van der Waals surface area (Å²) in [5.74, 6) is 1.02. The number of benzene rings is 1. The summed E-state index contributed by atoms with van der Waals surface area (Å²) >= 11 is 0. The monoisotopic (exact) mass is 414 g/mol. The molecule has 1 aromatic heterocycles. The first-order chi connectivity index (χ1) is 14.6. The lowest BCUT2D eigenvalue weighted by atomic mass is 10.2. The van der Waals surface area contributed by atoms with E-state index in [-0.39, 0.29) is 11.7 Å². The van der Waals surface area contributed by atoms with Gasteiger partial charge >= 0.3 is 0 Å². The number of hydrogen-bond donors (Lipinski definition) is 4. The number of carbonyl (C=O) groups excluding carboxylic acids is 1. The molecule has 1 fully saturated rings. The highest BCUT2D eigenvalue weighted by molar-refractivity contribution is 5.97. The van der Waals surface area contributed by atoms with Gasteiger partial charge in [0.05, 0.1) is 24.5 Å². The molecule has 1 atom stereocenters. The summed E-state index contributed by atoms with van der Waals surface area (Å²) in [4.78, 5) is 20.3. The molecular weight excluding hydrogens is 388 g/mol. The third-order valence-electron chi connectivity index (χ3n) is 4.79. The normalized spacial score (nSPS) is 17.8. The van der Waals surface area contributed by atoms with Crippen molar-refractivity contribution in [2.24, 2.45) is 5.73 Å². The predicted octanol–water partition coefficient (Wildman–Crippen LogP) is 1.73. The zero-order chi connectivity index (χ0) is 20.9. The van der Waals surface area contributed by atoms with Crippen molar-refractivity contribution in [3.8, 4) is 5.75 Å². The van der Waals surface area contributed by atoms with Crippen molar-refractivity contribution in [1.82, 2.24) is 9.97 Å². The van der Waals surface area contributed by atoms with Crippen LogP contribution in [0.3, 0.4) is 0 Å². The summed E-state index contributed by atoms with van der Waals surface area (Å²) in [5, 5.41) is 9.75. The van der Waals surface area contributed by atoms with Crippen LogP contribution < -0.4 is 26.4 Å². The molecule has 0 radical (unpaired) electrons. The predicted molar refractivity (Wildman–Crippen MR) is 113 cm³/mol. The van der Waals surface area contributed by atoms with Gasteiger partial charge in [-0.25, -0.2) is 4.98 Å². The highest BCUT2D eigenvalue weighted by Gasteiger charge is 2.24. The zero-order valence-electron chi connectivity index (χ0n) is 16.8. The van der Waals surface area contributed by atoms with Gasteiger partial charge < -0.3 is 35.9 Å². The molecule has 1 aromatic carbocycles. The van der Waals surface area contributed by atoms with E-state index in [1.54, 1.807) is 7.11 Å². The second-order valence-electron chi connectivity index (χ2n) is 7.25. The molecule has 5 N–H and O–H groups in total. The van der Waals surface area contributed by atoms with Crippen molar-refractivity contribution in [3.63, 3.8) is 0 Å². The molecule has 0 bridgehead atoms. The van der Waals surface area contributed by atoms with E-state index in [4.69, 9.17) is 19.9 Å². The smallest absolute Gasteiger partial charge is 0.254 e. The summed E-state index contributed by atoms with van der Waals surface area (Å²) in [5.41, 5.74) is 7.35. The Morgan fingerprint density at radius 2 is 2.23 bits per heavy atom. The molecule has 10 nitrogen and oxygen atoms in total. The molecule has 10 heteroatoms. The SMILES string of the molecule is COCCOC1CNc2cc(Nc3ncc(C(N)=O)c(NC4CC4)n3)ccc2OC1. The lowest BCUT2D eigenvalue weighted by Gasteiger charge is -2.14. The fraction of sp³-hybridized carbons (Fsp3) is 0.450. The van der Waals surface area contributed by atoms with Crippen molar-refractivity contribution in [1.29, 1.82) is 0 Å². The van der Waals surface area contributed by atoms with E-state index in [0.717, 1.165) is 30.0 Å². The number of carbonyl (C=O) groups is 1. The number of amides is 1. The topological polar surface area (TPSA) is 133 Å². The van der Waals surface area contributed by atoms with Crippen molar-refractivity contribution < 1.29 is 19.0 Å². The third kappa shape index (κ3) is 5.08. The number of methoxy groups -OCH3 is 1. The maximum atomic E-state index is 11.6. The molecule has 1 aliphatic heterocycles. The zero-order valence-corrected chi connectivity index (χ0v) is 16.8. The van der Waals surface area contributed by atoms with Gasteiger partial charge in [0.1, 0.15) is 24.3 Å². The lowest BCUT2D eigenvalue weighted by molar-refractivity contribution is 0.00342. The lowest BCUT2D eigenvalue weighted by Crippen LogP contribution is -2.28. The summed E-state index contributed by atoms with van der Waals surface area (Å²) in [6.45, 7) is 2.15. The van der Waals surface area contributed by atoms with E-state index in [2.05, 4.69) is 25.9 Å². The van der Waals surface area contributed by atoms with Gasteiger partial charge in [0.15, 0.2) is 0 Å². The Labute approximate surface area is 174 Å². The molecule has 1 saturated carbocycles. The number of fused-ring (bicyclic) bond motifs is 1. The minimum absolute atomic E-state index is 0.0651. The average Bonchev–Trinajstić information content (AvgIpc) is 3.56. The van der Waals surface area contributed by atoms with E-state index >= 15 is 0 Å². The highest BCUT2D eigenvalue weighted by atomic mass is 16.5. The van der Waals surface area contributed by atoms with Gasteiger partial charge in [-0.3, -0.25) is 4.79 Å². The Kier molecular flexibility index (Phi) is 6.15. The maximum Gasteiger partial charge on any atom is 0.254 e. The molecule has 1 amide bonds. The van der Waals surface area contributed by atoms with Crippen LogP contribution >= 0.6 is 0 Å². The molecule has 4 rings (SSSR count). The van der Waals surface area contributed by atoms with Crippen molar-refractivity contribution in [2.75, 3.05) is 49.4 Å². The van der Waals surface area contributed by atoms with Crippen LogP contribution in [0.5, 0.6) is 5.75 Å². The highest BCUT2D eigenvalue weighted by Crippen LogP contribution is 2.31. The molecule has 160 valence electrons. The molecule has 2 aliphatic rings. The minimum atomic E-state index is -0.557. The first kappa shape index (κ1) is 20.2. The van der Waals surface area contributed by atoms with Gasteiger partial charge in [0.2, 0.25) is 5.95 Å². The van der Waals surface area contributed by atoms with Crippen LogP contribution in [-0.2, 0) is 9.47 Å². The maximum absolute atomic E-state index is 11.6. The van der Waals surface area contributed by atoms with Gasteiger partial charge in [-0.1, -0.05) is 0 Å². The largest absolute Gasteiger partial charge is 0.489 e. The van der Waals surface area contributed by atoms with E-state index < -0.39 is 5.91 Å². The number of nitrogens with one attached hydrogen (secondary N) is 3. The number of nitrogens with two attached hydrogens (primary N) is 1. The molecular formula is C20H26N6O4. The van der Waals surface area contributed by atoms with Crippen molar-refractivity contribution in [3.05, 3.63) is 30.0 Å². The number of ether oxygens (including phenoxy) is 3. The molecule has 2 heterocycles. The van der Waals surface area contributed by atoms with Crippen LogP contribution in [0.1, 0.15) is 23.2 Å². The number of aromatic nitrogens is 2. The number of nitrogens with zero attached hydrogens (tertiary/aromatic N) is 2. The van der Waals surface area contributed by atoms with Crippen LogP contribution in [0, 0.1) is 0 Å². The van der Waals surface area contributed by atoms with Gasteiger partial charge in [-0.05, 0) is 31.0 Å². The minimum Gasteiger partial charge on any atom is -0.489 e. The second kappa shape index (κ2) is 9.14. The standard InChI is InChI=1S/C20H26N6O4/c1-28-6-7-29-14-9-22-16-8-13(4-5-17(16)30-11-14)25-20-23-10-15(18(21)27)19(26-20)24-12-2-3-12/h4-5,8,10,12,14,22H,2-3,6-7,9,11H2,1H3,(H2,21,27)(H2,23,24,25,26). The number of primary amides is 1. The average molecular weight is 414 g/mol. The molecule has 30 heavy (non-hydrogen) atoms. The van der Waals surface area contributed by atoms with Crippen LogP contribution in [0.25, 0.3) is 0 Å². The van der Waals surface area contributed by atoms with E-state index in [9.17, 15) is 4.79 Å². The summed E-state index contributed by atoms with van der Waals surface area (Å²) in [6, 6.07) is 6.01. The van der Waals surface area contributed by atoms with Crippen molar-refractivity contribution >= 4 is 29.0 Å². The second-order valence-corrected chi connectivity index (χ2v) is 7.25. The fourth-order valence-electron chi connectivity index (χ4n) is 3.02. The Balaban J connectivity index is 1.44. The van der Waals surface area contributed by atoms with Crippen LogP contribution in [0.4, 0.5) is 23.1 Å². The number of rotatable bonds is 9. The van der Waals surface area contributed by atoms with Crippen molar-refractivity contribution in [2.45, 2.75) is 25.0 Å². The van der Waals surface area contributed by atoms with E-state index in [1.807, 2.05) is 18.2 Å². The molecule has 2 aromatic rings. The van der Waals surface area contributed by atoms with Crippen LogP contribution in [0.2, 0.25) is 0 Å². The van der Waals surface area contributed by atoms with E-state index in [0.29, 0.717) is 44.2 Å². The Bertz CT molecular complexity index is 905. The number of hydrogen-bond acceptors (Lipinski definition) is 9. The van der Waals surface area contributed by atoms with Gasteiger partial charge in [-0.15, -0.1) is 0 Å². The Morgan fingerprint density at radius 1 is 1.37 bits per heavy atom. The Hall–Kier alpha value is -3.11. The Morgan fingerprint density at radius 3 is 3.00 bits per heavy atom. The summed E-state index contributed by atoms with van der Waals surface area (Å²) in [7, 11) is 1.64. The quantitative estimate of drug-likeness (QED) is 0.453. The first-order valence-corrected chi connectivity index (χ1v) is 9.94. The van der Waals surface area contributed by atoms with Gasteiger partial charge in [0.25, 0.3) is 5.91 Å². The molecule has 1 aliphatic carbocycles. The molecule has 0 saturated heterocycles. The van der Waals surface area contributed by atoms with Crippen LogP contribution in [0.15, 0.2) is 24.4 Å². The van der Waals surface area contributed by atoms with Gasteiger partial charge in [-0.2, -0.15) is 4.98 Å². The third-order valence-corrected chi connectivity index (χ3v) is 4.79. The molecule has 1 unspecified atom stereocenters. The summed E-state index contributed by atoms with van der Waals surface area (Å²) in [6.07, 6.45) is 3.48. The first-order valence-electron chi connectivity index (χ1n) is 9.94. The van der Waals surface area contributed by atoms with Gasteiger partial charge in [0, 0.05) is 31.6 Å². The molecule has 0 spiro atoms. The number of anilines is 4. The van der Waals surface area contributed by atoms with Crippen LogP contribution in [-0.4, -0.2) is 61.5 Å². The summed E-state index contributed by atoms with van der Waals surface area (Å²) < 4.78 is 16.6.